The van der Waals surface area contributed by atoms with Crippen LogP contribution < -0.4 is 0 Å². The van der Waals surface area contributed by atoms with Crippen LogP contribution >= 0.6 is 34.3 Å². The number of carbonyl (C=O) groups excluding carboxylic acids is 1. The van der Waals surface area contributed by atoms with Gasteiger partial charge in [-0.3, -0.25) is 4.79 Å². The van der Waals surface area contributed by atoms with Crippen LogP contribution in [-0.2, 0) is 0 Å². The standard InChI is InChI=1S/C13H7ClOS2/c14-11-5-4-10(17-11)12(15)9-3-1-2-8-6-7-16-13(8)9/h1-7H. The molecule has 4 heteroatoms. The number of thiophene rings is 2. The molecule has 0 aliphatic carbocycles. The number of carbonyl (C=O) groups is 1. The third kappa shape index (κ3) is 1.90. The maximum Gasteiger partial charge on any atom is 0.204 e. The lowest BCUT2D eigenvalue weighted by Gasteiger charge is -1.99. The summed E-state index contributed by atoms with van der Waals surface area (Å²) < 4.78 is 1.69. The first-order valence-electron chi connectivity index (χ1n) is 5.02. The molecule has 84 valence electrons. The number of hydrogen-bond acceptors (Lipinski definition) is 3. The summed E-state index contributed by atoms with van der Waals surface area (Å²) in [6.45, 7) is 0. The minimum Gasteiger partial charge on any atom is -0.288 e. The number of hydrogen-bond donors (Lipinski definition) is 0. The molecule has 0 N–H and O–H groups in total. The summed E-state index contributed by atoms with van der Waals surface area (Å²) in [7, 11) is 0. The highest BCUT2D eigenvalue weighted by Crippen LogP contribution is 2.29. The van der Waals surface area contributed by atoms with Crippen molar-refractivity contribution in [2.75, 3.05) is 0 Å². The van der Waals surface area contributed by atoms with Gasteiger partial charge in [0, 0.05) is 10.3 Å². The van der Waals surface area contributed by atoms with Gasteiger partial charge >= 0.3 is 0 Å². The Morgan fingerprint density at radius 1 is 1.12 bits per heavy atom. The van der Waals surface area contributed by atoms with Crippen LogP contribution in [0.4, 0.5) is 0 Å². The lowest BCUT2D eigenvalue weighted by Crippen LogP contribution is -1.97. The van der Waals surface area contributed by atoms with Crippen molar-refractivity contribution in [3.8, 4) is 0 Å². The van der Waals surface area contributed by atoms with E-state index < -0.39 is 0 Å². The monoisotopic (exact) mass is 278 g/mol. The van der Waals surface area contributed by atoms with Crippen LogP contribution in [0.1, 0.15) is 15.2 Å². The van der Waals surface area contributed by atoms with Crippen molar-refractivity contribution in [2.24, 2.45) is 0 Å². The Bertz CT molecular complexity index is 696. The summed E-state index contributed by atoms with van der Waals surface area (Å²) in [6.07, 6.45) is 0. The van der Waals surface area contributed by atoms with Gasteiger partial charge in [0.25, 0.3) is 0 Å². The zero-order valence-electron chi connectivity index (χ0n) is 8.64. The van der Waals surface area contributed by atoms with Crippen molar-refractivity contribution in [1.29, 1.82) is 0 Å². The summed E-state index contributed by atoms with van der Waals surface area (Å²) in [6, 6.07) is 11.4. The van der Waals surface area contributed by atoms with Crippen LogP contribution in [0.25, 0.3) is 10.1 Å². The molecule has 3 rings (SSSR count). The van der Waals surface area contributed by atoms with E-state index in [1.807, 2.05) is 29.6 Å². The highest BCUT2D eigenvalue weighted by atomic mass is 35.5. The van der Waals surface area contributed by atoms with E-state index in [9.17, 15) is 4.79 Å². The van der Waals surface area contributed by atoms with E-state index in [1.54, 1.807) is 23.5 Å². The van der Waals surface area contributed by atoms with Crippen molar-refractivity contribution >= 4 is 50.1 Å². The van der Waals surface area contributed by atoms with E-state index in [0.717, 1.165) is 15.6 Å². The fourth-order valence-electron chi connectivity index (χ4n) is 1.74. The van der Waals surface area contributed by atoms with E-state index in [4.69, 9.17) is 11.6 Å². The molecule has 0 bridgehead atoms. The van der Waals surface area contributed by atoms with Crippen LogP contribution in [0.2, 0.25) is 4.34 Å². The molecule has 0 aliphatic heterocycles. The van der Waals surface area contributed by atoms with Gasteiger partial charge in [-0.05, 0) is 35.0 Å². The molecule has 0 saturated carbocycles. The lowest BCUT2D eigenvalue weighted by molar-refractivity contribution is 0.104. The Hall–Kier alpha value is -1.16. The van der Waals surface area contributed by atoms with E-state index in [-0.39, 0.29) is 5.78 Å². The second kappa shape index (κ2) is 4.26. The minimum atomic E-state index is 0.0509. The summed E-state index contributed by atoms with van der Waals surface area (Å²) in [5.74, 6) is 0.0509. The molecule has 2 heterocycles. The average molecular weight is 279 g/mol. The van der Waals surface area contributed by atoms with Gasteiger partial charge in [-0.15, -0.1) is 22.7 Å². The molecule has 0 amide bonds. The Labute approximate surface area is 111 Å². The summed E-state index contributed by atoms with van der Waals surface area (Å²) in [5.41, 5.74) is 0.760. The smallest absolute Gasteiger partial charge is 0.204 e. The van der Waals surface area contributed by atoms with Gasteiger partial charge in [0.15, 0.2) is 0 Å². The van der Waals surface area contributed by atoms with Gasteiger partial charge < -0.3 is 0 Å². The third-order valence-corrected chi connectivity index (χ3v) is 4.71. The summed E-state index contributed by atoms with van der Waals surface area (Å²) >= 11 is 8.77. The van der Waals surface area contributed by atoms with Crippen LogP contribution in [0.5, 0.6) is 0 Å². The molecule has 0 atom stereocenters. The normalized spacial score (nSPS) is 10.9. The van der Waals surface area contributed by atoms with Gasteiger partial charge in [0.2, 0.25) is 5.78 Å². The van der Waals surface area contributed by atoms with Crippen molar-refractivity contribution in [1.82, 2.24) is 0 Å². The summed E-state index contributed by atoms with van der Waals surface area (Å²) in [5, 5.41) is 3.12. The predicted molar refractivity (Wildman–Crippen MR) is 74.6 cm³/mol. The minimum absolute atomic E-state index is 0.0509. The number of benzene rings is 1. The first-order valence-corrected chi connectivity index (χ1v) is 7.09. The van der Waals surface area contributed by atoms with Crippen LogP contribution in [0.15, 0.2) is 41.8 Å². The predicted octanol–water partition coefficient (Wildman–Crippen LogP) is 4.85. The second-order valence-corrected chi connectivity index (χ2v) is 6.21. The number of fused-ring (bicyclic) bond motifs is 1. The van der Waals surface area contributed by atoms with Crippen LogP contribution in [0, 0.1) is 0 Å². The number of ketones is 1. The van der Waals surface area contributed by atoms with E-state index in [0.29, 0.717) is 9.21 Å². The highest BCUT2D eigenvalue weighted by Gasteiger charge is 2.14. The van der Waals surface area contributed by atoms with Gasteiger partial charge in [-0.1, -0.05) is 23.7 Å². The highest BCUT2D eigenvalue weighted by molar-refractivity contribution is 7.19. The fourth-order valence-corrected chi connectivity index (χ4v) is 3.65. The van der Waals surface area contributed by atoms with E-state index in [1.165, 1.54) is 11.3 Å². The fraction of sp³-hybridized carbons (Fsp3) is 0. The van der Waals surface area contributed by atoms with Crippen molar-refractivity contribution in [3.63, 3.8) is 0 Å². The first kappa shape index (κ1) is 11.0. The van der Waals surface area contributed by atoms with Gasteiger partial charge in [0.05, 0.1) is 9.21 Å². The Balaban J connectivity index is 2.15. The first-order chi connectivity index (χ1) is 8.25. The third-order valence-electron chi connectivity index (χ3n) is 2.52. The van der Waals surface area contributed by atoms with Crippen LogP contribution in [0.3, 0.4) is 0 Å². The average Bonchev–Trinajstić information content (AvgIpc) is 2.95. The van der Waals surface area contributed by atoms with Crippen molar-refractivity contribution in [2.45, 2.75) is 0 Å². The molecule has 17 heavy (non-hydrogen) atoms. The molecule has 2 aromatic heterocycles. The lowest BCUT2D eigenvalue weighted by atomic mass is 10.1. The Morgan fingerprint density at radius 2 is 2.00 bits per heavy atom. The summed E-state index contributed by atoms with van der Waals surface area (Å²) in [4.78, 5) is 13.0. The quantitative estimate of drug-likeness (QED) is 0.613. The number of rotatable bonds is 2. The van der Waals surface area contributed by atoms with Crippen LogP contribution in [-0.4, -0.2) is 5.78 Å². The maximum atomic E-state index is 12.3. The molecule has 1 nitrogen and oxygen atoms in total. The largest absolute Gasteiger partial charge is 0.288 e. The molecular weight excluding hydrogens is 272 g/mol. The second-order valence-electron chi connectivity index (χ2n) is 3.58. The topological polar surface area (TPSA) is 17.1 Å². The molecule has 0 spiro atoms. The SMILES string of the molecule is O=C(c1ccc(Cl)s1)c1cccc2ccsc12. The van der Waals surface area contributed by atoms with E-state index >= 15 is 0 Å². The van der Waals surface area contributed by atoms with E-state index in [2.05, 4.69) is 0 Å². The zero-order valence-corrected chi connectivity index (χ0v) is 11.0. The maximum absolute atomic E-state index is 12.3. The van der Waals surface area contributed by atoms with Gasteiger partial charge in [0.1, 0.15) is 0 Å². The Kier molecular flexibility index (Phi) is 2.74. The molecule has 3 aromatic rings. The van der Waals surface area contributed by atoms with Gasteiger partial charge in [-0.2, -0.15) is 0 Å². The number of halogens is 1. The van der Waals surface area contributed by atoms with Crippen molar-refractivity contribution < 1.29 is 4.79 Å². The zero-order chi connectivity index (χ0) is 11.8. The molecule has 0 aliphatic rings. The van der Waals surface area contributed by atoms with Crippen molar-refractivity contribution in [3.05, 3.63) is 56.6 Å². The molecule has 0 unspecified atom stereocenters. The molecular formula is C13H7ClOS2. The molecule has 1 aromatic carbocycles. The Morgan fingerprint density at radius 3 is 2.76 bits per heavy atom. The molecule has 0 saturated heterocycles. The molecule has 0 radical (unpaired) electrons. The van der Waals surface area contributed by atoms with Gasteiger partial charge in [-0.25, -0.2) is 0 Å². The molecule has 0 fully saturated rings.